The number of aliphatic carboxylic acids is 1. The van der Waals surface area contributed by atoms with E-state index in [4.69, 9.17) is 16.7 Å². The maximum atomic E-state index is 11.7. The SMILES string of the molecule is O=C(CCCl)c1cc(C(O)C(=O)O)ccc1[N+](=O)[O-]. The molecule has 0 saturated carbocycles. The van der Waals surface area contributed by atoms with Gasteiger partial charge in [0.05, 0.1) is 10.5 Å². The molecular formula is C11H10ClNO6. The number of halogens is 1. The van der Waals surface area contributed by atoms with Crippen LogP contribution in [0.5, 0.6) is 0 Å². The molecule has 1 aromatic carbocycles. The first-order chi connectivity index (χ1) is 8.88. The number of ketones is 1. The van der Waals surface area contributed by atoms with Gasteiger partial charge >= 0.3 is 5.97 Å². The van der Waals surface area contributed by atoms with E-state index in [0.29, 0.717) is 0 Å². The summed E-state index contributed by atoms with van der Waals surface area (Å²) < 4.78 is 0. The molecule has 19 heavy (non-hydrogen) atoms. The van der Waals surface area contributed by atoms with Crippen LogP contribution in [-0.4, -0.2) is 32.8 Å². The Morgan fingerprint density at radius 1 is 1.42 bits per heavy atom. The summed E-state index contributed by atoms with van der Waals surface area (Å²) in [7, 11) is 0. The lowest BCUT2D eigenvalue weighted by Crippen LogP contribution is -2.12. The topological polar surface area (TPSA) is 118 Å². The van der Waals surface area contributed by atoms with Gasteiger partial charge in [-0.25, -0.2) is 4.79 Å². The minimum atomic E-state index is -1.84. The van der Waals surface area contributed by atoms with Gasteiger partial charge in [-0.1, -0.05) is 0 Å². The number of nitro groups is 1. The minimum Gasteiger partial charge on any atom is -0.479 e. The third-order valence-electron chi connectivity index (χ3n) is 2.39. The van der Waals surface area contributed by atoms with Crippen molar-refractivity contribution >= 4 is 29.0 Å². The fourth-order valence-electron chi connectivity index (χ4n) is 1.47. The molecule has 0 aliphatic rings. The van der Waals surface area contributed by atoms with Gasteiger partial charge in [-0.05, 0) is 17.7 Å². The Morgan fingerprint density at radius 3 is 2.53 bits per heavy atom. The van der Waals surface area contributed by atoms with Gasteiger partial charge < -0.3 is 10.2 Å². The zero-order chi connectivity index (χ0) is 14.6. The standard InChI is InChI=1S/C11H10ClNO6/c12-4-3-9(14)7-5-6(10(15)11(16)17)1-2-8(7)13(18)19/h1-2,5,10,15H,3-4H2,(H,16,17). The molecule has 0 bridgehead atoms. The average molecular weight is 288 g/mol. The molecule has 0 saturated heterocycles. The summed E-state index contributed by atoms with van der Waals surface area (Å²) in [6.07, 6.45) is -1.96. The highest BCUT2D eigenvalue weighted by atomic mass is 35.5. The highest BCUT2D eigenvalue weighted by Crippen LogP contribution is 2.25. The van der Waals surface area contributed by atoms with Gasteiger partial charge in [-0.15, -0.1) is 11.6 Å². The smallest absolute Gasteiger partial charge is 0.337 e. The van der Waals surface area contributed by atoms with Gasteiger partial charge in [0.25, 0.3) is 5.69 Å². The first-order valence-electron chi connectivity index (χ1n) is 5.17. The van der Waals surface area contributed by atoms with Gasteiger partial charge in [-0.3, -0.25) is 14.9 Å². The van der Waals surface area contributed by atoms with Crippen molar-refractivity contribution in [3.05, 3.63) is 39.4 Å². The van der Waals surface area contributed by atoms with E-state index < -0.39 is 28.5 Å². The van der Waals surface area contributed by atoms with Crippen molar-refractivity contribution in [3.8, 4) is 0 Å². The van der Waals surface area contributed by atoms with E-state index in [1.54, 1.807) is 0 Å². The van der Waals surface area contributed by atoms with E-state index in [9.17, 15) is 24.8 Å². The number of carbonyl (C=O) groups is 2. The summed E-state index contributed by atoms with van der Waals surface area (Å²) in [6.45, 7) is 0. The first-order valence-corrected chi connectivity index (χ1v) is 5.70. The molecule has 0 amide bonds. The van der Waals surface area contributed by atoms with Gasteiger partial charge in [0, 0.05) is 18.4 Å². The lowest BCUT2D eigenvalue weighted by atomic mass is 10.0. The third kappa shape index (κ3) is 3.49. The Balaban J connectivity index is 3.29. The number of rotatable bonds is 6. The second kappa shape index (κ2) is 6.26. The zero-order valence-electron chi connectivity index (χ0n) is 9.58. The van der Waals surface area contributed by atoms with Crippen molar-refractivity contribution in [2.75, 3.05) is 5.88 Å². The number of benzene rings is 1. The number of carboxylic acids is 1. The summed E-state index contributed by atoms with van der Waals surface area (Å²) >= 11 is 5.40. The average Bonchev–Trinajstić information content (AvgIpc) is 2.37. The minimum absolute atomic E-state index is 0.0122. The van der Waals surface area contributed by atoms with Crippen LogP contribution in [-0.2, 0) is 4.79 Å². The zero-order valence-corrected chi connectivity index (χ0v) is 10.3. The number of hydrogen-bond donors (Lipinski definition) is 2. The van der Waals surface area contributed by atoms with Crippen LogP contribution >= 0.6 is 11.6 Å². The van der Waals surface area contributed by atoms with E-state index in [-0.39, 0.29) is 23.4 Å². The molecule has 1 rings (SSSR count). The molecule has 0 fully saturated rings. The maximum Gasteiger partial charge on any atom is 0.337 e. The number of carboxylic acid groups (broad SMARTS) is 1. The molecule has 8 heteroatoms. The second-order valence-electron chi connectivity index (χ2n) is 3.64. The fourth-order valence-corrected chi connectivity index (χ4v) is 1.64. The van der Waals surface area contributed by atoms with Crippen molar-refractivity contribution < 1.29 is 24.7 Å². The van der Waals surface area contributed by atoms with Gasteiger partial charge in [-0.2, -0.15) is 0 Å². The predicted molar refractivity (Wildman–Crippen MR) is 65.4 cm³/mol. The molecule has 0 aliphatic heterocycles. The normalized spacial score (nSPS) is 11.9. The summed E-state index contributed by atoms with van der Waals surface area (Å²) in [4.78, 5) is 32.4. The highest BCUT2D eigenvalue weighted by molar-refractivity contribution is 6.19. The number of alkyl halides is 1. The van der Waals surface area contributed by atoms with Crippen LogP contribution in [0.1, 0.15) is 28.4 Å². The Morgan fingerprint density at radius 2 is 2.05 bits per heavy atom. The van der Waals surface area contributed by atoms with E-state index in [0.717, 1.165) is 18.2 Å². The van der Waals surface area contributed by atoms with Crippen molar-refractivity contribution in [3.63, 3.8) is 0 Å². The molecule has 102 valence electrons. The van der Waals surface area contributed by atoms with Crippen LogP contribution in [0.4, 0.5) is 5.69 Å². The monoisotopic (exact) mass is 287 g/mol. The third-order valence-corrected chi connectivity index (χ3v) is 2.58. The molecule has 1 unspecified atom stereocenters. The second-order valence-corrected chi connectivity index (χ2v) is 4.01. The molecule has 1 aromatic rings. The number of hydrogen-bond acceptors (Lipinski definition) is 5. The van der Waals surface area contributed by atoms with Crippen LogP contribution in [0.3, 0.4) is 0 Å². The van der Waals surface area contributed by atoms with Crippen LogP contribution in [0, 0.1) is 10.1 Å². The number of aliphatic hydroxyl groups is 1. The number of nitro benzene ring substituents is 1. The quantitative estimate of drug-likeness (QED) is 0.354. The summed E-state index contributed by atoms with van der Waals surface area (Å²) in [6, 6.07) is 3.09. The van der Waals surface area contributed by atoms with E-state index in [1.165, 1.54) is 0 Å². The molecule has 0 spiro atoms. The molecule has 0 aromatic heterocycles. The van der Waals surface area contributed by atoms with Gasteiger partial charge in [0.2, 0.25) is 0 Å². The molecule has 0 aliphatic carbocycles. The Bertz CT molecular complexity index is 530. The summed E-state index contributed by atoms with van der Waals surface area (Å²) in [5.41, 5.74) is -0.809. The van der Waals surface area contributed by atoms with Crippen LogP contribution < -0.4 is 0 Å². The molecule has 0 heterocycles. The number of Topliss-reactive ketones (excluding diaryl/α,β-unsaturated/α-hetero) is 1. The van der Waals surface area contributed by atoms with Crippen molar-refractivity contribution in [2.24, 2.45) is 0 Å². The Kier molecular flexibility index (Phi) is 4.96. The Labute approximate surface area is 112 Å². The molecule has 7 nitrogen and oxygen atoms in total. The summed E-state index contributed by atoms with van der Waals surface area (Å²) in [5.74, 6) is -2.10. The highest BCUT2D eigenvalue weighted by Gasteiger charge is 2.24. The van der Waals surface area contributed by atoms with Crippen LogP contribution in [0.2, 0.25) is 0 Å². The lowest BCUT2D eigenvalue weighted by Gasteiger charge is -2.08. The predicted octanol–water partition coefficient (Wildman–Crippen LogP) is 1.52. The number of carbonyl (C=O) groups excluding carboxylic acids is 1. The van der Waals surface area contributed by atoms with E-state index in [1.807, 2.05) is 0 Å². The summed E-state index contributed by atoms with van der Waals surface area (Å²) in [5, 5.41) is 28.8. The Hall–Kier alpha value is -1.99. The first kappa shape index (κ1) is 15.1. The molecule has 0 radical (unpaired) electrons. The molecule has 1 atom stereocenters. The van der Waals surface area contributed by atoms with Gasteiger partial charge in [0.1, 0.15) is 0 Å². The van der Waals surface area contributed by atoms with Crippen molar-refractivity contribution in [1.29, 1.82) is 0 Å². The molecular weight excluding hydrogens is 278 g/mol. The van der Waals surface area contributed by atoms with Crippen LogP contribution in [0.15, 0.2) is 18.2 Å². The van der Waals surface area contributed by atoms with Crippen molar-refractivity contribution in [1.82, 2.24) is 0 Å². The van der Waals surface area contributed by atoms with E-state index in [2.05, 4.69) is 0 Å². The number of nitrogens with zero attached hydrogens (tertiary/aromatic N) is 1. The van der Waals surface area contributed by atoms with Crippen LogP contribution in [0.25, 0.3) is 0 Å². The van der Waals surface area contributed by atoms with E-state index >= 15 is 0 Å². The lowest BCUT2D eigenvalue weighted by molar-refractivity contribution is -0.385. The van der Waals surface area contributed by atoms with Crippen molar-refractivity contribution in [2.45, 2.75) is 12.5 Å². The van der Waals surface area contributed by atoms with Gasteiger partial charge in [0.15, 0.2) is 11.9 Å². The fraction of sp³-hybridized carbons (Fsp3) is 0.273. The molecule has 2 N–H and O–H groups in total. The maximum absolute atomic E-state index is 11.7. The largest absolute Gasteiger partial charge is 0.479 e. The number of aliphatic hydroxyl groups excluding tert-OH is 1.